The summed E-state index contributed by atoms with van der Waals surface area (Å²) in [5, 5.41) is 15.5. The predicted octanol–water partition coefficient (Wildman–Crippen LogP) is 12.0. The van der Waals surface area contributed by atoms with Gasteiger partial charge in [0.1, 0.15) is 0 Å². The molecule has 7 aromatic carbocycles. The first-order valence-electron chi connectivity index (χ1n) is 17.3. The van der Waals surface area contributed by atoms with Crippen molar-refractivity contribution in [1.29, 1.82) is 5.26 Å². The summed E-state index contributed by atoms with van der Waals surface area (Å²) in [5.41, 5.74) is 15.9. The Labute approximate surface area is 290 Å². The van der Waals surface area contributed by atoms with Crippen LogP contribution in [0, 0.1) is 18.3 Å². The molecule has 1 aliphatic carbocycles. The zero-order valence-electron chi connectivity index (χ0n) is 28.2. The van der Waals surface area contributed by atoms with Crippen molar-refractivity contribution in [2.45, 2.75) is 26.2 Å². The molecular weight excluding hydrogens is 607 g/mol. The van der Waals surface area contributed by atoms with Gasteiger partial charge in [-0.05, 0) is 88.3 Å². The maximum atomic E-state index is 10.5. The normalized spacial score (nSPS) is 13.2. The molecule has 0 saturated carbocycles. The van der Waals surface area contributed by atoms with Crippen LogP contribution in [0.1, 0.15) is 36.1 Å². The number of aromatic nitrogens is 2. The van der Waals surface area contributed by atoms with Gasteiger partial charge in [0.25, 0.3) is 0 Å². The Morgan fingerprint density at radius 3 is 1.70 bits per heavy atom. The second-order valence-electron chi connectivity index (χ2n) is 14.1. The lowest BCUT2D eigenvalue weighted by Gasteiger charge is -2.24. The molecule has 0 aliphatic heterocycles. The molecule has 3 nitrogen and oxygen atoms in total. The Hall–Kier alpha value is -6.37. The van der Waals surface area contributed by atoms with Crippen LogP contribution in [-0.2, 0) is 5.41 Å². The van der Waals surface area contributed by atoms with E-state index in [0.29, 0.717) is 5.56 Å². The molecule has 2 aromatic heterocycles. The highest BCUT2D eigenvalue weighted by molar-refractivity contribution is 6.13. The van der Waals surface area contributed by atoms with Crippen molar-refractivity contribution in [3.8, 4) is 39.7 Å². The van der Waals surface area contributed by atoms with E-state index in [1.165, 1.54) is 54.8 Å². The molecule has 0 fully saturated rings. The zero-order valence-corrected chi connectivity index (χ0v) is 28.2. The summed E-state index contributed by atoms with van der Waals surface area (Å²) in [5.74, 6) is 0. The van der Waals surface area contributed by atoms with Gasteiger partial charge < -0.3 is 9.13 Å². The number of rotatable bonds is 3. The lowest BCUT2D eigenvalue weighted by atomic mass is 9.81. The first kappa shape index (κ1) is 28.6. The van der Waals surface area contributed by atoms with Gasteiger partial charge in [-0.15, -0.1) is 0 Å². The summed E-state index contributed by atoms with van der Waals surface area (Å²) in [7, 11) is 0. The fourth-order valence-electron chi connectivity index (χ4n) is 8.87. The Bertz CT molecular complexity index is 2870. The average molecular weight is 640 g/mol. The maximum absolute atomic E-state index is 10.5. The minimum Gasteiger partial charge on any atom is -0.309 e. The first-order valence-corrected chi connectivity index (χ1v) is 17.3. The lowest BCUT2D eigenvalue weighted by Crippen LogP contribution is -2.16. The van der Waals surface area contributed by atoms with Crippen molar-refractivity contribution in [1.82, 2.24) is 9.13 Å². The van der Waals surface area contributed by atoms with Crippen molar-refractivity contribution < 1.29 is 0 Å². The molecule has 236 valence electrons. The zero-order chi connectivity index (χ0) is 33.7. The predicted molar refractivity (Wildman–Crippen MR) is 208 cm³/mol. The number of benzene rings is 7. The third kappa shape index (κ3) is 3.79. The Morgan fingerprint density at radius 2 is 1.04 bits per heavy atom. The third-order valence-electron chi connectivity index (χ3n) is 11.1. The number of hydrogen-bond acceptors (Lipinski definition) is 1. The third-order valence-corrected chi connectivity index (χ3v) is 11.1. The van der Waals surface area contributed by atoms with Crippen LogP contribution < -0.4 is 0 Å². The second kappa shape index (κ2) is 10.3. The van der Waals surface area contributed by atoms with Crippen LogP contribution >= 0.6 is 0 Å². The first-order chi connectivity index (χ1) is 24.5. The van der Waals surface area contributed by atoms with E-state index in [9.17, 15) is 5.26 Å². The molecule has 0 bridgehead atoms. The van der Waals surface area contributed by atoms with Gasteiger partial charge in [0.2, 0.25) is 0 Å². The number of hydrogen-bond donors (Lipinski definition) is 0. The van der Waals surface area contributed by atoms with Gasteiger partial charge in [0.15, 0.2) is 0 Å². The van der Waals surface area contributed by atoms with Gasteiger partial charge in [0, 0.05) is 38.3 Å². The molecule has 0 N–H and O–H groups in total. The Morgan fingerprint density at radius 1 is 0.500 bits per heavy atom. The van der Waals surface area contributed by atoms with E-state index in [1.807, 2.05) is 6.07 Å². The number of para-hydroxylation sites is 3. The van der Waals surface area contributed by atoms with Crippen LogP contribution in [0.25, 0.3) is 77.2 Å². The molecule has 0 saturated heterocycles. The summed E-state index contributed by atoms with van der Waals surface area (Å²) in [6.45, 7) is 6.89. The van der Waals surface area contributed by atoms with Gasteiger partial charge in [0.05, 0.1) is 33.7 Å². The van der Waals surface area contributed by atoms with Crippen molar-refractivity contribution in [3.63, 3.8) is 0 Å². The van der Waals surface area contributed by atoms with Crippen LogP contribution in [0.5, 0.6) is 0 Å². The SMILES string of the molecule is Cc1cc(-n2c3ccccc3c3ccc4c(c32)C(C)(C)c2ccccc2-4)ccc1-c1ccc(-n2c3ccccc3c3ccccc32)cc1C#N. The van der Waals surface area contributed by atoms with Crippen molar-refractivity contribution in [2.24, 2.45) is 0 Å². The Balaban J connectivity index is 1.15. The number of aryl methyl sites for hydroxylation is 1. The van der Waals surface area contributed by atoms with E-state index in [4.69, 9.17) is 0 Å². The fraction of sp³-hybridized carbons (Fsp3) is 0.0851. The second-order valence-corrected chi connectivity index (χ2v) is 14.1. The molecule has 0 radical (unpaired) electrons. The van der Waals surface area contributed by atoms with Crippen LogP contribution in [0.3, 0.4) is 0 Å². The van der Waals surface area contributed by atoms with Crippen LogP contribution in [0.15, 0.2) is 146 Å². The summed E-state index contributed by atoms with van der Waals surface area (Å²) in [4.78, 5) is 0. The van der Waals surface area contributed by atoms with Crippen molar-refractivity contribution in [3.05, 3.63) is 168 Å². The van der Waals surface area contributed by atoms with E-state index >= 15 is 0 Å². The number of fused-ring (bicyclic) bond motifs is 10. The van der Waals surface area contributed by atoms with Gasteiger partial charge in [-0.1, -0.05) is 117 Å². The van der Waals surface area contributed by atoms with Gasteiger partial charge in [-0.3, -0.25) is 0 Å². The largest absolute Gasteiger partial charge is 0.309 e. The van der Waals surface area contributed by atoms with Crippen molar-refractivity contribution >= 4 is 43.6 Å². The van der Waals surface area contributed by atoms with Crippen molar-refractivity contribution in [2.75, 3.05) is 0 Å². The average Bonchev–Trinajstić information content (AvgIpc) is 3.75. The summed E-state index contributed by atoms with van der Waals surface area (Å²) in [6, 6.07) is 54.8. The molecule has 0 atom stereocenters. The number of nitrogens with zero attached hydrogens (tertiary/aromatic N) is 3. The monoisotopic (exact) mass is 639 g/mol. The highest BCUT2D eigenvalue weighted by Gasteiger charge is 2.38. The van der Waals surface area contributed by atoms with Crippen LogP contribution in [-0.4, -0.2) is 9.13 Å². The summed E-state index contributed by atoms with van der Waals surface area (Å²) >= 11 is 0. The van der Waals surface area contributed by atoms with E-state index in [-0.39, 0.29) is 5.41 Å². The molecule has 1 aliphatic rings. The van der Waals surface area contributed by atoms with Gasteiger partial charge >= 0.3 is 0 Å². The van der Waals surface area contributed by atoms with E-state index in [2.05, 4.69) is 176 Å². The summed E-state index contributed by atoms with van der Waals surface area (Å²) < 4.78 is 4.73. The molecule has 2 heterocycles. The molecule has 50 heavy (non-hydrogen) atoms. The van der Waals surface area contributed by atoms with E-state index < -0.39 is 0 Å². The minimum atomic E-state index is -0.146. The standard InChI is InChI=1S/C47H33N3/c1-29-26-31(50-44-19-11-7-15-38(44)40-25-24-39-35-12-4-8-16-41(35)47(2,3)45(39)46(40)50)20-22-33(29)34-23-21-32(27-30(34)28-48)49-42-17-9-5-13-36(42)37-14-6-10-18-43(37)49/h4-27H,1-3H3. The summed E-state index contributed by atoms with van der Waals surface area (Å²) in [6.07, 6.45) is 0. The molecule has 3 heteroatoms. The molecular formula is C47H33N3. The van der Waals surface area contributed by atoms with Crippen LogP contribution in [0.2, 0.25) is 0 Å². The molecule has 0 unspecified atom stereocenters. The van der Waals surface area contributed by atoms with Gasteiger partial charge in [-0.25, -0.2) is 0 Å². The highest BCUT2D eigenvalue weighted by Crippen LogP contribution is 2.53. The molecule has 0 spiro atoms. The van der Waals surface area contributed by atoms with Gasteiger partial charge in [-0.2, -0.15) is 5.26 Å². The topological polar surface area (TPSA) is 33.6 Å². The minimum absolute atomic E-state index is 0.146. The fourth-order valence-corrected chi connectivity index (χ4v) is 8.87. The molecule has 9 aromatic rings. The van der Waals surface area contributed by atoms with E-state index in [0.717, 1.165) is 39.1 Å². The maximum Gasteiger partial charge on any atom is 0.0998 e. The lowest BCUT2D eigenvalue weighted by molar-refractivity contribution is 0.664. The molecule has 10 rings (SSSR count). The highest BCUT2D eigenvalue weighted by atomic mass is 15.0. The van der Waals surface area contributed by atoms with E-state index in [1.54, 1.807) is 0 Å². The number of nitriles is 1. The smallest absolute Gasteiger partial charge is 0.0998 e. The molecule has 0 amide bonds. The van der Waals surface area contributed by atoms with Crippen LogP contribution in [0.4, 0.5) is 0 Å². The quantitative estimate of drug-likeness (QED) is 0.189. The Kier molecular flexibility index (Phi) is 5.91.